The van der Waals surface area contributed by atoms with E-state index < -0.39 is 24.1 Å². The first-order valence-electron chi connectivity index (χ1n) is 14.8. The number of carbonyl (C=O) groups is 1. The number of nitrogens with one attached hydrogen (secondary N) is 1. The highest BCUT2D eigenvalue weighted by atomic mass is 19.4. The van der Waals surface area contributed by atoms with Crippen LogP contribution < -0.4 is 19.5 Å². The largest absolute Gasteiger partial charge is 0.493 e. The fourth-order valence-corrected chi connectivity index (χ4v) is 5.92. The van der Waals surface area contributed by atoms with Crippen LogP contribution in [0, 0.1) is 11.7 Å². The summed E-state index contributed by atoms with van der Waals surface area (Å²) in [5, 5.41) is 2.96. The lowest BCUT2D eigenvalue weighted by Crippen LogP contribution is -2.49. The highest BCUT2D eigenvalue weighted by Gasteiger charge is 2.63. The predicted octanol–water partition coefficient (Wildman–Crippen LogP) is 6.26. The molecule has 0 radical (unpaired) electrons. The lowest BCUT2D eigenvalue weighted by Gasteiger charge is -2.32. The van der Waals surface area contributed by atoms with Gasteiger partial charge in [-0.2, -0.15) is 13.2 Å². The molecular formula is C33H30F4N4O4. The third-order valence-corrected chi connectivity index (χ3v) is 8.69. The van der Waals surface area contributed by atoms with E-state index in [-0.39, 0.29) is 47.4 Å². The summed E-state index contributed by atoms with van der Waals surface area (Å²) in [6.07, 6.45) is 2.72. The molecule has 2 aromatic heterocycles. The van der Waals surface area contributed by atoms with E-state index in [0.717, 1.165) is 36.6 Å². The second-order valence-corrected chi connectivity index (χ2v) is 11.7. The van der Waals surface area contributed by atoms with Gasteiger partial charge in [-0.15, -0.1) is 0 Å². The molecule has 2 aliphatic carbocycles. The van der Waals surface area contributed by atoms with Gasteiger partial charge in [0.05, 0.1) is 19.5 Å². The van der Waals surface area contributed by atoms with Gasteiger partial charge in [-0.3, -0.25) is 4.79 Å². The van der Waals surface area contributed by atoms with Crippen molar-refractivity contribution in [2.45, 2.75) is 49.4 Å². The molecule has 12 heteroatoms. The molecule has 0 saturated heterocycles. The molecule has 1 N–H and O–H groups in total. The van der Waals surface area contributed by atoms with Gasteiger partial charge in [0.25, 0.3) is 5.91 Å². The quantitative estimate of drug-likeness (QED) is 0.210. The average Bonchev–Trinajstić information content (AvgIpc) is 3.94. The minimum absolute atomic E-state index is 0.0180. The van der Waals surface area contributed by atoms with Crippen LogP contribution in [0.4, 0.5) is 17.6 Å². The van der Waals surface area contributed by atoms with Crippen LogP contribution in [-0.4, -0.2) is 53.0 Å². The molecular weight excluding hydrogens is 592 g/mol. The minimum atomic E-state index is -4.75. The van der Waals surface area contributed by atoms with E-state index in [0.29, 0.717) is 28.3 Å². The highest BCUT2D eigenvalue weighted by Crippen LogP contribution is 2.54. The van der Waals surface area contributed by atoms with Crippen molar-refractivity contribution in [1.29, 1.82) is 0 Å². The van der Waals surface area contributed by atoms with Crippen molar-refractivity contribution >= 4 is 5.91 Å². The number of hydrogen-bond acceptors (Lipinski definition) is 6. The molecule has 0 spiro atoms. The van der Waals surface area contributed by atoms with E-state index in [1.807, 2.05) is 0 Å². The molecule has 2 saturated carbocycles. The maximum absolute atomic E-state index is 15.1. The number of alkyl halides is 3. The normalized spacial score (nSPS) is 19.8. The van der Waals surface area contributed by atoms with Crippen LogP contribution in [0.25, 0.3) is 11.3 Å². The van der Waals surface area contributed by atoms with Gasteiger partial charge in [-0.05, 0) is 80.1 Å². The number of ether oxygens (including phenoxy) is 3. The van der Waals surface area contributed by atoms with Gasteiger partial charge in [0.1, 0.15) is 18.1 Å². The Hall–Kier alpha value is -4.61. The summed E-state index contributed by atoms with van der Waals surface area (Å²) in [5.41, 5.74) is -1.31. The Labute approximate surface area is 256 Å². The van der Waals surface area contributed by atoms with Crippen molar-refractivity contribution in [2.75, 3.05) is 20.3 Å². The zero-order valence-corrected chi connectivity index (χ0v) is 24.3. The van der Waals surface area contributed by atoms with Crippen molar-refractivity contribution < 1.29 is 36.6 Å². The number of pyridine rings is 1. The van der Waals surface area contributed by atoms with Crippen LogP contribution in [0.15, 0.2) is 67.3 Å². The lowest BCUT2D eigenvalue weighted by atomic mass is 9.87. The Morgan fingerprint density at radius 3 is 2.53 bits per heavy atom. The molecule has 2 atom stereocenters. The molecule has 1 unspecified atom stereocenters. The molecule has 45 heavy (non-hydrogen) atoms. The third-order valence-electron chi connectivity index (χ3n) is 8.69. The van der Waals surface area contributed by atoms with Crippen molar-refractivity contribution in [3.8, 4) is 28.5 Å². The number of nitrogens with zero attached hydrogens (tertiary/aromatic N) is 3. The number of aromatic nitrogens is 3. The van der Waals surface area contributed by atoms with Crippen LogP contribution in [0.3, 0.4) is 0 Å². The second kappa shape index (κ2) is 11.1. The molecule has 4 aromatic rings. The predicted molar refractivity (Wildman–Crippen MR) is 155 cm³/mol. The van der Waals surface area contributed by atoms with Crippen LogP contribution >= 0.6 is 0 Å². The Balaban J connectivity index is 1.26. The number of imidazole rings is 1. The fourth-order valence-electron chi connectivity index (χ4n) is 5.92. The van der Waals surface area contributed by atoms with Crippen LogP contribution in [0.5, 0.6) is 17.2 Å². The smallest absolute Gasteiger partial charge is 0.419 e. The molecule has 7 rings (SSSR count). The van der Waals surface area contributed by atoms with Gasteiger partial charge in [0, 0.05) is 47.2 Å². The number of fused-ring (bicyclic) bond motifs is 1. The molecule has 8 nitrogen and oxygen atoms in total. The van der Waals surface area contributed by atoms with Crippen LogP contribution in [0.2, 0.25) is 0 Å². The summed E-state index contributed by atoms with van der Waals surface area (Å²) < 4.78 is 77.2. The Morgan fingerprint density at radius 2 is 1.89 bits per heavy atom. The van der Waals surface area contributed by atoms with Gasteiger partial charge in [0.2, 0.25) is 5.54 Å². The summed E-state index contributed by atoms with van der Waals surface area (Å²) in [6, 6.07) is 11.8. The van der Waals surface area contributed by atoms with E-state index in [2.05, 4.69) is 10.3 Å². The van der Waals surface area contributed by atoms with Crippen molar-refractivity contribution in [2.24, 2.45) is 5.92 Å². The number of methoxy groups -OCH3 is 1. The first-order valence-corrected chi connectivity index (χ1v) is 14.8. The van der Waals surface area contributed by atoms with Gasteiger partial charge in [0.15, 0.2) is 17.2 Å². The summed E-state index contributed by atoms with van der Waals surface area (Å²) in [7, 11) is 1.51. The summed E-state index contributed by atoms with van der Waals surface area (Å²) in [6.45, 7) is -0.569. The lowest BCUT2D eigenvalue weighted by molar-refractivity contribution is -0.202. The maximum Gasteiger partial charge on any atom is 0.419 e. The SMILES string of the molecule is COc1cc(C(=O)NCC(c2cc3c(c(-c4ccc(F)cc4)n2)OC[C@@]3(n2ccnc2)C(F)(F)F)C2CC2)ccc1OC1CC1. The summed E-state index contributed by atoms with van der Waals surface area (Å²) in [5.74, 6) is -0.128. The Morgan fingerprint density at radius 1 is 1.11 bits per heavy atom. The van der Waals surface area contributed by atoms with E-state index in [1.165, 1.54) is 49.8 Å². The average molecular weight is 623 g/mol. The minimum Gasteiger partial charge on any atom is -0.493 e. The van der Waals surface area contributed by atoms with Gasteiger partial charge in [-0.1, -0.05) is 0 Å². The summed E-state index contributed by atoms with van der Waals surface area (Å²) >= 11 is 0. The van der Waals surface area contributed by atoms with Gasteiger partial charge >= 0.3 is 6.18 Å². The molecule has 1 amide bonds. The van der Waals surface area contributed by atoms with Gasteiger partial charge < -0.3 is 24.1 Å². The molecule has 1 aliphatic heterocycles. The monoisotopic (exact) mass is 622 g/mol. The zero-order valence-electron chi connectivity index (χ0n) is 24.3. The van der Waals surface area contributed by atoms with E-state index in [9.17, 15) is 9.18 Å². The maximum atomic E-state index is 15.1. The van der Waals surface area contributed by atoms with Crippen molar-refractivity contribution in [3.05, 3.63) is 89.9 Å². The van der Waals surface area contributed by atoms with Crippen molar-refractivity contribution in [1.82, 2.24) is 19.9 Å². The highest BCUT2D eigenvalue weighted by molar-refractivity contribution is 5.95. The Bertz CT molecular complexity index is 1720. The number of benzene rings is 2. The standard InChI is InChI=1S/C33H30F4N4O4/c1-43-28-14-21(6-11-27(28)45-23-9-10-23)31(42)39-16-24(19-2-3-19)26-15-25-30(29(40-26)20-4-7-22(34)8-5-20)44-17-32(25,33(35,36)37)41-13-12-38-18-41/h4-8,11-15,18-19,23-24H,2-3,9-10,16-17H2,1H3,(H,39,42)/t24?,32-/m0/s1. The number of amides is 1. The van der Waals surface area contributed by atoms with Crippen molar-refractivity contribution in [3.63, 3.8) is 0 Å². The fraction of sp³-hybridized carbons (Fsp3) is 0.364. The van der Waals surface area contributed by atoms with Gasteiger partial charge in [-0.25, -0.2) is 14.4 Å². The summed E-state index contributed by atoms with van der Waals surface area (Å²) in [4.78, 5) is 22.0. The molecule has 0 bridgehead atoms. The Kier molecular flexibility index (Phi) is 7.17. The molecule has 234 valence electrons. The number of carbonyl (C=O) groups excluding carboxylic acids is 1. The first-order chi connectivity index (χ1) is 21.7. The molecule has 3 aliphatic rings. The molecule has 2 fully saturated rings. The second-order valence-electron chi connectivity index (χ2n) is 11.7. The zero-order chi connectivity index (χ0) is 31.3. The topological polar surface area (TPSA) is 87.5 Å². The van der Waals surface area contributed by atoms with E-state index >= 15 is 13.2 Å². The third kappa shape index (κ3) is 5.36. The number of rotatable bonds is 10. The first kappa shape index (κ1) is 29.1. The molecule has 2 aromatic carbocycles. The van der Waals surface area contributed by atoms with E-state index in [4.69, 9.17) is 19.2 Å². The van der Waals surface area contributed by atoms with Crippen LogP contribution in [0.1, 0.15) is 53.2 Å². The van der Waals surface area contributed by atoms with Crippen LogP contribution in [-0.2, 0) is 5.54 Å². The van der Waals surface area contributed by atoms with E-state index in [1.54, 1.807) is 18.2 Å². The number of hydrogen-bond donors (Lipinski definition) is 1. The molecule has 3 heterocycles. The number of halogens is 4.